The molecule has 0 saturated heterocycles. The minimum Gasteiger partial charge on any atom is -0.355 e. The fourth-order valence-electron chi connectivity index (χ4n) is 2.24. The van der Waals surface area contributed by atoms with E-state index in [9.17, 15) is 4.79 Å². The Morgan fingerprint density at radius 3 is 2.44 bits per heavy atom. The van der Waals surface area contributed by atoms with Crippen molar-refractivity contribution >= 4 is 29.3 Å². The first-order chi connectivity index (χ1) is 11.9. The lowest BCUT2D eigenvalue weighted by Crippen LogP contribution is -2.28. The molecule has 25 heavy (non-hydrogen) atoms. The number of rotatable bonds is 8. The lowest BCUT2D eigenvalue weighted by molar-refractivity contribution is -0.118. The fourth-order valence-corrected chi connectivity index (χ4v) is 3.14. The third kappa shape index (κ3) is 6.04. The maximum absolute atomic E-state index is 12.0. The van der Waals surface area contributed by atoms with E-state index in [0.717, 1.165) is 23.1 Å². The number of halogens is 1. The lowest BCUT2D eigenvalue weighted by atomic mass is 10.2. The highest BCUT2D eigenvalue weighted by atomic mass is 35.5. The van der Waals surface area contributed by atoms with E-state index >= 15 is 0 Å². The minimum atomic E-state index is 0.0193. The Balaban J connectivity index is 2.15. The zero-order chi connectivity index (χ0) is 18.4. The number of amides is 1. The van der Waals surface area contributed by atoms with Gasteiger partial charge in [0.05, 0.1) is 5.75 Å². The molecule has 1 aromatic heterocycles. The first-order valence-electron chi connectivity index (χ1n) is 8.45. The monoisotopic (exact) mass is 380 g/mol. The number of hydrogen-bond acceptors (Lipinski definition) is 4. The SMILES string of the molecule is CC(C)CNC(=O)CSc1nnc(-c2ccc(Cl)cc2)n1CC(C)C. The third-order valence-corrected chi connectivity index (χ3v) is 4.63. The number of benzene rings is 1. The van der Waals surface area contributed by atoms with Crippen LogP contribution in [0.1, 0.15) is 27.7 Å². The van der Waals surface area contributed by atoms with E-state index in [4.69, 9.17) is 11.6 Å². The first kappa shape index (κ1) is 19.8. The molecule has 0 saturated carbocycles. The van der Waals surface area contributed by atoms with Crippen molar-refractivity contribution in [2.24, 2.45) is 11.8 Å². The summed E-state index contributed by atoms with van der Waals surface area (Å²) in [6, 6.07) is 7.56. The van der Waals surface area contributed by atoms with E-state index in [1.54, 1.807) is 0 Å². The zero-order valence-corrected chi connectivity index (χ0v) is 16.7. The van der Waals surface area contributed by atoms with Crippen molar-refractivity contribution in [3.63, 3.8) is 0 Å². The van der Waals surface area contributed by atoms with E-state index < -0.39 is 0 Å². The van der Waals surface area contributed by atoms with E-state index in [1.165, 1.54) is 11.8 Å². The molecule has 2 aromatic rings. The van der Waals surface area contributed by atoms with Crippen LogP contribution >= 0.6 is 23.4 Å². The number of carbonyl (C=O) groups is 1. The van der Waals surface area contributed by atoms with Gasteiger partial charge in [0.2, 0.25) is 5.91 Å². The molecule has 1 amide bonds. The lowest BCUT2D eigenvalue weighted by Gasteiger charge is -2.13. The molecule has 1 heterocycles. The van der Waals surface area contributed by atoms with Gasteiger partial charge in [-0.1, -0.05) is 51.1 Å². The summed E-state index contributed by atoms with van der Waals surface area (Å²) >= 11 is 7.39. The van der Waals surface area contributed by atoms with Gasteiger partial charge in [-0.3, -0.25) is 4.79 Å². The molecule has 0 bridgehead atoms. The van der Waals surface area contributed by atoms with E-state index in [-0.39, 0.29) is 5.91 Å². The molecule has 7 heteroatoms. The molecule has 0 aliphatic carbocycles. The quantitative estimate of drug-likeness (QED) is 0.700. The van der Waals surface area contributed by atoms with Crippen LogP contribution in [0.15, 0.2) is 29.4 Å². The normalized spacial score (nSPS) is 11.3. The Labute approximate surface area is 158 Å². The summed E-state index contributed by atoms with van der Waals surface area (Å²) in [7, 11) is 0. The molecule has 0 fully saturated rings. The van der Waals surface area contributed by atoms with Crippen molar-refractivity contribution in [1.29, 1.82) is 0 Å². The second-order valence-electron chi connectivity index (χ2n) is 6.80. The van der Waals surface area contributed by atoms with Gasteiger partial charge in [-0.15, -0.1) is 10.2 Å². The molecular formula is C18H25ClN4OS. The van der Waals surface area contributed by atoms with Crippen LogP contribution in [0.2, 0.25) is 5.02 Å². The summed E-state index contributed by atoms with van der Waals surface area (Å²) in [4.78, 5) is 12.0. The van der Waals surface area contributed by atoms with Gasteiger partial charge in [0.25, 0.3) is 0 Å². The number of nitrogens with zero attached hydrogens (tertiary/aromatic N) is 3. The molecule has 0 spiro atoms. The molecule has 0 atom stereocenters. The van der Waals surface area contributed by atoms with Crippen LogP contribution in [-0.4, -0.2) is 33.0 Å². The number of carbonyl (C=O) groups excluding carboxylic acids is 1. The summed E-state index contributed by atoms with van der Waals surface area (Å²) in [5.74, 6) is 2.04. The molecule has 5 nitrogen and oxygen atoms in total. The Morgan fingerprint density at radius 2 is 1.84 bits per heavy atom. The highest BCUT2D eigenvalue weighted by Gasteiger charge is 2.16. The van der Waals surface area contributed by atoms with Gasteiger partial charge in [0, 0.05) is 23.7 Å². The van der Waals surface area contributed by atoms with Crippen LogP contribution in [0.3, 0.4) is 0 Å². The first-order valence-corrected chi connectivity index (χ1v) is 9.81. The number of nitrogens with one attached hydrogen (secondary N) is 1. The standard InChI is InChI=1S/C18H25ClN4OS/c1-12(2)9-20-16(24)11-25-18-22-21-17(23(18)10-13(3)4)14-5-7-15(19)8-6-14/h5-8,12-13H,9-11H2,1-4H3,(H,20,24). The molecule has 1 N–H and O–H groups in total. The van der Waals surface area contributed by atoms with Gasteiger partial charge in [-0.05, 0) is 36.1 Å². The summed E-state index contributed by atoms with van der Waals surface area (Å²) in [5.41, 5.74) is 0.966. The molecular weight excluding hydrogens is 356 g/mol. The van der Waals surface area contributed by atoms with Crippen molar-refractivity contribution in [1.82, 2.24) is 20.1 Å². The average molecular weight is 381 g/mol. The Morgan fingerprint density at radius 1 is 1.16 bits per heavy atom. The zero-order valence-electron chi connectivity index (χ0n) is 15.1. The van der Waals surface area contributed by atoms with Gasteiger partial charge in [-0.25, -0.2) is 0 Å². The molecule has 1 aromatic carbocycles. The maximum atomic E-state index is 12.0. The second-order valence-corrected chi connectivity index (χ2v) is 8.18. The highest BCUT2D eigenvalue weighted by molar-refractivity contribution is 7.99. The van der Waals surface area contributed by atoms with E-state index in [2.05, 4.69) is 47.8 Å². The second kappa shape index (κ2) is 9.25. The van der Waals surface area contributed by atoms with E-state index in [1.807, 2.05) is 24.3 Å². The number of hydrogen-bond donors (Lipinski definition) is 1. The van der Waals surface area contributed by atoms with Gasteiger partial charge in [0.15, 0.2) is 11.0 Å². The van der Waals surface area contributed by atoms with Gasteiger partial charge >= 0.3 is 0 Å². The van der Waals surface area contributed by atoms with Crippen molar-refractivity contribution in [3.05, 3.63) is 29.3 Å². The molecule has 0 unspecified atom stereocenters. The van der Waals surface area contributed by atoms with Crippen LogP contribution in [0.25, 0.3) is 11.4 Å². The van der Waals surface area contributed by atoms with Crippen LogP contribution in [0, 0.1) is 11.8 Å². The van der Waals surface area contributed by atoms with Crippen molar-refractivity contribution < 1.29 is 4.79 Å². The smallest absolute Gasteiger partial charge is 0.230 e. The molecule has 0 aliphatic heterocycles. The van der Waals surface area contributed by atoms with Gasteiger partial charge in [-0.2, -0.15) is 0 Å². The molecule has 0 aliphatic rings. The van der Waals surface area contributed by atoms with Crippen LogP contribution in [0.4, 0.5) is 0 Å². The molecule has 2 rings (SSSR count). The van der Waals surface area contributed by atoms with Crippen molar-refractivity contribution in [2.45, 2.75) is 39.4 Å². The van der Waals surface area contributed by atoms with E-state index in [0.29, 0.717) is 29.2 Å². The Bertz CT molecular complexity index is 698. The Kier molecular flexibility index (Phi) is 7.32. The topological polar surface area (TPSA) is 59.8 Å². The summed E-state index contributed by atoms with van der Waals surface area (Å²) < 4.78 is 2.08. The van der Waals surface area contributed by atoms with Crippen molar-refractivity contribution in [2.75, 3.05) is 12.3 Å². The number of aromatic nitrogens is 3. The highest BCUT2D eigenvalue weighted by Crippen LogP contribution is 2.26. The van der Waals surface area contributed by atoms with Crippen LogP contribution < -0.4 is 5.32 Å². The van der Waals surface area contributed by atoms with Crippen molar-refractivity contribution in [3.8, 4) is 11.4 Å². The summed E-state index contributed by atoms with van der Waals surface area (Å²) in [5, 5.41) is 13.0. The third-order valence-electron chi connectivity index (χ3n) is 3.41. The molecule has 136 valence electrons. The predicted molar refractivity (Wildman–Crippen MR) is 104 cm³/mol. The number of thioether (sulfide) groups is 1. The summed E-state index contributed by atoms with van der Waals surface area (Å²) in [6.07, 6.45) is 0. The summed E-state index contributed by atoms with van der Waals surface area (Å²) in [6.45, 7) is 9.93. The van der Waals surface area contributed by atoms with Crippen LogP contribution in [0.5, 0.6) is 0 Å². The predicted octanol–water partition coefficient (Wildman–Crippen LogP) is 4.12. The van der Waals surface area contributed by atoms with Crippen LogP contribution in [-0.2, 0) is 11.3 Å². The van der Waals surface area contributed by atoms with Gasteiger partial charge < -0.3 is 9.88 Å². The van der Waals surface area contributed by atoms with Gasteiger partial charge in [0.1, 0.15) is 0 Å². The minimum absolute atomic E-state index is 0.0193. The fraction of sp³-hybridized carbons (Fsp3) is 0.500. The largest absolute Gasteiger partial charge is 0.355 e. The molecule has 0 radical (unpaired) electrons. The average Bonchev–Trinajstić information content (AvgIpc) is 2.93. The Hall–Kier alpha value is -1.53. The maximum Gasteiger partial charge on any atom is 0.230 e.